The van der Waals surface area contributed by atoms with Crippen molar-refractivity contribution < 1.29 is 0 Å². The standard InChI is InChI=1S/C66H51N3/c1-65(2)57-29-17-14-26-52(57)54-38-36-49(40-59(54)65)67(46-22-10-6-11-23-46)51-42-62(68(47-24-12-7-13-25-47)50-37-39-55-53-27-15-18-30-58(53)66(3,4)60(55)41-50)64-56-28-16-19-31-61(56)69(63(64)43-51)48-34-32-45(33-35-48)44-20-8-5-9-21-44/h5-43H,1-4H3. The third-order valence-electron chi connectivity index (χ3n) is 15.1. The molecular weight excluding hydrogens is 835 g/mol. The van der Waals surface area contributed by atoms with E-state index in [4.69, 9.17) is 0 Å². The summed E-state index contributed by atoms with van der Waals surface area (Å²) in [7, 11) is 0. The zero-order valence-electron chi connectivity index (χ0n) is 39.4. The van der Waals surface area contributed by atoms with Crippen LogP contribution in [0.15, 0.2) is 237 Å². The highest BCUT2D eigenvalue weighted by Crippen LogP contribution is 2.54. The minimum Gasteiger partial charge on any atom is -0.310 e. The Morgan fingerprint density at radius 1 is 0.319 bits per heavy atom. The van der Waals surface area contributed by atoms with Crippen molar-refractivity contribution in [3.63, 3.8) is 0 Å². The summed E-state index contributed by atoms with van der Waals surface area (Å²) >= 11 is 0. The summed E-state index contributed by atoms with van der Waals surface area (Å²) in [6.07, 6.45) is 0. The van der Waals surface area contributed by atoms with Gasteiger partial charge in [-0.1, -0.05) is 185 Å². The zero-order valence-corrected chi connectivity index (χ0v) is 39.4. The van der Waals surface area contributed by atoms with E-state index in [9.17, 15) is 0 Å². The molecule has 0 unspecified atom stereocenters. The van der Waals surface area contributed by atoms with E-state index in [0.29, 0.717) is 0 Å². The minimum absolute atomic E-state index is 0.164. The second-order valence-corrected chi connectivity index (χ2v) is 19.8. The van der Waals surface area contributed by atoms with E-state index in [2.05, 4.69) is 279 Å². The van der Waals surface area contributed by atoms with Crippen LogP contribution in [0.1, 0.15) is 49.9 Å². The van der Waals surface area contributed by atoms with Crippen molar-refractivity contribution in [2.45, 2.75) is 38.5 Å². The first kappa shape index (κ1) is 40.8. The third kappa shape index (κ3) is 6.34. The first-order chi connectivity index (χ1) is 33.8. The fourth-order valence-corrected chi connectivity index (χ4v) is 11.8. The molecule has 0 fully saturated rings. The molecule has 10 aromatic carbocycles. The monoisotopic (exact) mass is 885 g/mol. The first-order valence-electron chi connectivity index (χ1n) is 24.2. The number of benzene rings is 10. The van der Waals surface area contributed by atoms with E-state index < -0.39 is 0 Å². The van der Waals surface area contributed by atoms with E-state index in [-0.39, 0.29) is 10.8 Å². The summed E-state index contributed by atoms with van der Waals surface area (Å²) in [6.45, 7) is 9.48. The highest BCUT2D eigenvalue weighted by atomic mass is 15.2. The molecular formula is C66H51N3. The van der Waals surface area contributed by atoms with Crippen molar-refractivity contribution in [3.8, 4) is 39.1 Å². The summed E-state index contributed by atoms with van der Waals surface area (Å²) in [5, 5.41) is 2.38. The summed E-state index contributed by atoms with van der Waals surface area (Å²) in [6, 6.07) is 87.5. The topological polar surface area (TPSA) is 11.4 Å². The van der Waals surface area contributed by atoms with Crippen molar-refractivity contribution in [3.05, 3.63) is 259 Å². The molecule has 330 valence electrons. The van der Waals surface area contributed by atoms with Crippen LogP contribution in [0.25, 0.3) is 60.9 Å². The third-order valence-corrected chi connectivity index (χ3v) is 15.1. The van der Waals surface area contributed by atoms with Crippen LogP contribution in [-0.2, 0) is 10.8 Å². The molecule has 0 bridgehead atoms. The number of nitrogens with zero attached hydrogens (tertiary/aromatic N) is 3. The second-order valence-electron chi connectivity index (χ2n) is 19.8. The molecule has 2 aliphatic carbocycles. The number of hydrogen-bond donors (Lipinski definition) is 0. The van der Waals surface area contributed by atoms with Gasteiger partial charge >= 0.3 is 0 Å². The van der Waals surface area contributed by atoms with Gasteiger partial charge in [-0.15, -0.1) is 0 Å². The molecule has 0 aliphatic heterocycles. The van der Waals surface area contributed by atoms with Crippen LogP contribution in [0.4, 0.5) is 34.1 Å². The molecule has 0 saturated carbocycles. The van der Waals surface area contributed by atoms with Gasteiger partial charge in [-0.3, -0.25) is 0 Å². The van der Waals surface area contributed by atoms with Gasteiger partial charge in [-0.25, -0.2) is 0 Å². The number of rotatable bonds is 8. The van der Waals surface area contributed by atoms with Crippen molar-refractivity contribution in [1.29, 1.82) is 0 Å². The van der Waals surface area contributed by atoms with Gasteiger partial charge in [0.1, 0.15) is 0 Å². The minimum atomic E-state index is -0.172. The predicted molar refractivity (Wildman–Crippen MR) is 291 cm³/mol. The molecule has 0 amide bonds. The lowest BCUT2D eigenvalue weighted by atomic mass is 9.82. The van der Waals surface area contributed by atoms with Gasteiger partial charge < -0.3 is 14.4 Å². The van der Waals surface area contributed by atoms with Crippen molar-refractivity contribution in [2.24, 2.45) is 0 Å². The lowest BCUT2D eigenvalue weighted by Crippen LogP contribution is -2.18. The molecule has 0 spiro atoms. The molecule has 1 heterocycles. The Hall–Kier alpha value is -8.40. The van der Waals surface area contributed by atoms with Gasteiger partial charge in [-0.2, -0.15) is 0 Å². The molecule has 0 radical (unpaired) electrons. The van der Waals surface area contributed by atoms with Gasteiger partial charge in [0.25, 0.3) is 0 Å². The van der Waals surface area contributed by atoms with Crippen LogP contribution < -0.4 is 9.80 Å². The maximum atomic E-state index is 2.51. The highest BCUT2D eigenvalue weighted by molar-refractivity contribution is 6.18. The zero-order chi connectivity index (χ0) is 46.4. The second kappa shape index (κ2) is 15.6. The summed E-state index contributed by atoms with van der Waals surface area (Å²) in [5.41, 5.74) is 22.7. The van der Waals surface area contributed by atoms with Gasteiger partial charge in [0.2, 0.25) is 0 Å². The van der Waals surface area contributed by atoms with Gasteiger partial charge in [0.15, 0.2) is 0 Å². The van der Waals surface area contributed by atoms with Gasteiger partial charge in [0.05, 0.1) is 22.4 Å². The Labute approximate surface area is 404 Å². The van der Waals surface area contributed by atoms with E-state index in [1.54, 1.807) is 0 Å². The number of aromatic nitrogens is 1. The molecule has 0 saturated heterocycles. The lowest BCUT2D eigenvalue weighted by molar-refractivity contribution is 0.660. The smallest absolute Gasteiger partial charge is 0.0583 e. The van der Waals surface area contributed by atoms with Crippen LogP contribution in [-0.4, -0.2) is 4.57 Å². The number of hydrogen-bond acceptors (Lipinski definition) is 2. The van der Waals surface area contributed by atoms with Crippen LogP contribution in [0.5, 0.6) is 0 Å². The predicted octanol–water partition coefficient (Wildman–Crippen LogP) is 18.0. The Kier molecular flexibility index (Phi) is 9.22. The molecule has 3 nitrogen and oxygen atoms in total. The maximum absolute atomic E-state index is 2.51. The molecule has 0 N–H and O–H groups in total. The van der Waals surface area contributed by atoms with Crippen molar-refractivity contribution in [2.75, 3.05) is 9.80 Å². The molecule has 13 rings (SSSR count). The average Bonchev–Trinajstić information content (AvgIpc) is 3.94. The van der Waals surface area contributed by atoms with Gasteiger partial charge in [0, 0.05) is 50.0 Å². The van der Waals surface area contributed by atoms with E-state index in [1.807, 2.05) is 0 Å². The normalized spacial score (nSPS) is 13.7. The fraction of sp³-hybridized carbons (Fsp3) is 0.0909. The molecule has 0 atom stereocenters. The van der Waals surface area contributed by atoms with Crippen molar-refractivity contribution in [1.82, 2.24) is 4.57 Å². The van der Waals surface area contributed by atoms with E-state index in [1.165, 1.54) is 66.4 Å². The number of anilines is 6. The number of fused-ring (bicyclic) bond motifs is 9. The fourth-order valence-electron chi connectivity index (χ4n) is 11.8. The average molecular weight is 886 g/mol. The van der Waals surface area contributed by atoms with Crippen molar-refractivity contribution >= 4 is 55.9 Å². The summed E-state index contributed by atoms with van der Waals surface area (Å²) in [5.74, 6) is 0. The first-order valence-corrected chi connectivity index (χ1v) is 24.2. The van der Waals surface area contributed by atoms with Crippen LogP contribution in [0, 0.1) is 0 Å². The highest BCUT2D eigenvalue weighted by Gasteiger charge is 2.38. The largest absolute Gasteiger partial charge is 0.310 e. The summed E-state index contributed by atoms with van der Waals surface area (Å²) < 4.78 is 2.48. The van der Waals surface area contributed by atoms with Crippen LogP contribution in [0.2, 0.25) is 0 Å². The van der Waals surface area contributed by atoms with E-state index >= 15 is 0 Å². The molecule has 1 aromatic heterocycles. The molecule has 3 heteroatoms. The SMILES string of the molecule is CC1(C)c2ccccc2-c2ccc(N(c3ccccc3)c3cc(N(c4ccccc4)c4ccc5c(c4)C(C)(C)c4ccccc4-5)c4c5ccccc5n(-c5ccc(-c6ccccc6)cc5)c4c3)cc21. The molecule has 69 heavy (non-hydrogen) atoms. The van der Waals surface area contributed by atoms with E-state index in [0.717, 1.165) is 50.8 Å². The molecule has 2 aliphatic rings. The van der Waals surface area contributed by atoms with Gasteiger partial charge in [-0.05, 0) is 134 Å². The number of para-hydroxylation sites is 3. The lowest BCUT2D eigenvalue weighted by Gasteiger charge is -2.32. The Morgan fingerprint density at radius 2 is 0.783 bits per heavy atom. The molecule has 11 aromatic rings. The Balaban J connectivity index is 1.11. The quantitative estimate of drug-likeness (QED) is 0.151. The maximum Gasteiger partial charge on any atom is 0.0583 e. The summed E-state index contributed by atoms with van der Waals surface area (Å²) in [4.78, 5) is 4.97. The Bertz CT molecular complexity index is 3770. The Morgan fingerprint density at radius 3 is 1.38 bits per heavy atom. The van der Waals surface area contributed by atoms with Crippen LogP contribution >= 0.6 is 0 Å². The van der Waals surface area contributed by atoms with Crippen LogP contribution in [0.3, 0.4) is 0 Å².